The van der Waals surface area contributed by atoms with Gasteiger partial charge in [0, 0.05) is 5.41 Å². The SMILES string of the molecule is C[C@H]1C[C@@]2(C)[C@@H](CC[C@@]2(O)/C=C\I)[C@@H]2CCc3cc(O)ccc3[C@H]21. The summed E-state index contributed by atoms with van der Waals surface area (Å²) in [7, 11) is 0. The van der Waals surface area contributed by atoms with Gasteiger partial charge >= 0.3 is 0 Å². The van der Waals surface area contributed by atoms with Gasteiger partial charge in [-0.25, -0.2) is 0 Å². The maximum absolute atomic E-state index is 11.4. The van der Waals surface area contributed by atoms with Crippen LogP contribution in [0.5, 0.6) is 5.75 Å². The molecule has 1 aromatic carbocycles. The van der Waals surface area contributed by atoms with E-state index in [0.717, 1.165) is 25.7 Å². The minimum atomic E-state index is -0.646. The molecule has 2 N–H and O–H groups in total. The fourth-order valence-corrected chi connectivity index (χ4v) is 7.13. The molecule has 0 saturated heterocycles. The van der Waals surface area contributed by atoms with Crippen molar-refractivity contribution >= 4 is 22.6 Å². The van der Waals surface area contributed by atoms with E-state index in [2.05, 4.69) is 48.6 Å². The molecule has 0 amide bonds. The molecule has 0 unspecified atom stereocenters. The van der Waals surface area contributed by atoms with E-state index in [1.165, 1.54) is 17.5 Å². The number of rotatable bonds is 1. The van der Waals surface area contributed by atoms with Crippen LogP contribution in [-0.4, -0.2) is 15.8 Å². The highest BCUT2D eigenvalue weighted by atomic mass is 127. The van der Waals surface area contributed by atoms with E-state index in [1.807, 2.05) is 16.2 Å². The number of hydrogen-bond donors (Lipinski definition) is 2. The summed E-state index contributed by atoms with van der Waals surface area (Å²) in [4.78, 5) is 0. The first-order valence-electron chi connectivity index (χ1n) is 9.22. The highest BCUT2D eigenvalue weighted by molar-refractivity contribution is 14.1. The van der Waals surface area contributed by atoms with Gasteiger partial charge in [-0.15, -0.1) is 0 Å². The summed E-state index contributed by atoms with van der Waals surface area (Å²) in [6.45, 7) is 4.70. The Hall–Kier alpha value is -0.550. The fourth-order valence-electron chi connectivity index (χ4n) is 6.54. The van der Waals surface area contributed by atoms with Gasteiger partial charge in [-0.3, -0.25) is 0 Å². The van der Waals surface area contributed by atoms with Gasteiger partial charge in [0.1, 0.15) is 5.75 Å². The fraction of sp³-hybridized carbons (Fsp3) is 0.619. The summed E-state index contributed by atoms with van der Waals surface area (Å²) >= 11 is 2.24. The maximum Gasteiger partial charge on any atom is 0.115 e. The van der Waals surface area contributed by atoms with Gasteiger partial charge in [0.15, 0.2) is 0 Å². The van der Waals surface area contributed by atoms with Crippen molar-refractivity contribution in [1.29, 1.82) is 0 Å². The van der Waals surface area contributed by atoms with Crippen LogP contribution in [0.25, 0.3) is 0 Å². The molecule has 24 heavy (non-hydrogen) atoms. The number of aryl methyl sites for hydroxylation is 1. The molecular weight excluding hydrogens is 411 g/mol. The number of halogens is 1. The van der Waals surface area contributed by atoms with Gasteiger partial charge in [0.05, 0.1) is 5.60 Å². The Morgan fingerprint density at radius 2 is 2.08 bits per heavy atom. The molecule has 4 rings (SSSR count). The predicted octanol–water partition coefficient (Wildman–Crippen LogP) is 5.17. The molecule has 2 fully saturated rings. The lowest BCUT2D eigenvalue weighted by atomic mass is 9.50. The Kier molecular flexibility index (Phi) is 4.03. The Balaban J connectivity index is 1.75. The molecule has 0 heterocycles. The van der Waals surface area contributed by atoms with Crippen LogP contribution in [0.1, 0.15) is 56.6 Å². The van der Waals surface area contributed by atoms with Crippen LogP contribution in [0.15, 0.2) is 28.4 Å². The molecule has 3 heteroatoms. The van der Waals surface area contributed by atoms with Crippen LogP contribution in [0.4, 0.5) is 0 Å². The molecular formula is C21H27IO2. The van der Waals surface area contributed by atoms with Gasteiger partial charge in [-0.2, -0.15) is 0 Å². The van der Waals surface area contributed by atoms with E-state index in [-0.39, 0.29) is 5.41 Å². The van der Waals surface area contributed by atoms with Crippen molar-refractivity contribution in [3.63, 3.8) is 0 Å². The summed E-state index contributed by atoms with van der Waals surface area (Å²) in [5, 5.41) is 21.2. The van der Waals surface area contributed by atoms with Crippen molar-refractivity contribution in [2.75, 3.05) is 0 Å². The first kappa shape index (κ1) is 16.9. The van der Waals surface area contributed by atoms with Crippen molar-refractivity contribution in [3.05, 3.63) is 39.5 Å². The summed E-state index contributed by atoms with van der Waals surface area (Å²) in [5.74, 6) is 2.79. The van der Waals surface area contributed by atoms with E-state index in [0.29, 0.717) is 29.4 Å². The van der Waals surface area contributed by atoms with Gasteiger partial charge < -0.3 is 10.2 Å². The molecule has 6 atom stereocenters. The zero-order valence-electron chi connectivity index (χ0n) is 14.5. The number of aliphatic hydroxyl groups is 1. The van der Waals surface area contributed by atoms with Gasteiger partial charge in [0.25, 0.3) is 0 Å². The number of aromatic hydroxyl groups is 1. The number of phenolic OH excluding ortho intramolecular Hbond substituents is 1. The Bertz CT molecular complexity index is 684. The first-order chi connectivity index (χ1) is 11.4. The van der Waals surface area contributed by atoms with Crippen molar-refractivity contribution in [3.8, 4) is 5.75 Å². The van der Waals surface area contributed by atoms with Crippen LogP contribution in [0.3, 0.4) is 0 Å². The number of hydrogen-bond acceptors (Lipinski definition) is 2. The van der Waals surface area contributed by atoms with E-state index < -0.39 is 5.60 Å². The molecule has 0 radical (unpaired) electrons. The van der Waals surface area contributed by atoms with Gasteiger partial charge in [-0.05, 0) is 89.2 Å². The zero-order valence-corrected chi connectivity index (χ0v) is 16.7. The second-order valence-electron chi connectivity index (χ2n) is 8.57. The van der Waals surface area contributed by atoms with E-state index in [9.17, 15) is 10.2 Å². The highest BCUT2D eigenvalue weighted by Gasteiger charge is 2.62. The summed E-state index contributed by atoms with van der Waals surface area (Å²) in [5.41, 5.74) is 2.14. The molecule has 1 aromatic rings. The second-order valence-corrected chi connectivity index (χ2v) is 9.29. The minimum Gasteiger partial charge on any atom is -0.508 e. The normalized spacial score (nSPS) is 44.2. The minimum absolute atomic E-state index is 0.0102. The largest absolute Gasteiger partial charge is 0.508 e. The Labute approximate surface area is 158 Å². The Morgan fingerprint density at radius 1 is 1.29 bits per heavy atom. The van der Waals surface area contributed by atoms with Crippen molar-refractivity contribution in [2.45, 2.75) is 57.5 Å². The third-order valence-electron chi connectivity index (χ3n) is 7.55. The molecule has 2 saturated carbocycles. The molecule has 130 valence electrons. The van der Waals surface area contributed by atoms with E-state index in [4.69, 9.17) is 0 Å². The lowest BCUT2D eigenvalue weighted by molar-refractivity contribution is -0.0866. The topological polar surface area (TPSA) is 40.5 Å². The second kappa shape index (κ2) is 5.73. The third-order valence-corrected chi connectivity index (χ3v) is 7.91. The zero-order chi connectivity index (χ0) is 17.1. The maximum atomic E-state index is 11.4. The standard InChI is InChI=1S/C21H27IO2/c1-13-12-20(2)18(7-8-21(20,24)9-10-22)17-5-3-14-11-15(23)4-6-16(14)19(13)17/h4,6,9-11,13,17-19,23-24H,3,5,7-8,12H2,1-2H3/b10-9-/t13-,17-,18-,19+,20-,21+/m0/s1. The van der Waals surface area contributed by atoms with Gasteiger partial charge in [-0.1, -0.05) is 42.5 Å². The van der Waals surface area contributed by atoms with Crippen molar-refractivity contribution in [2.24, 2.45) is 23.2 Å². The lowest BCUT2D eigenvalue weighted by Crippen LogP contribution is -2.52. The smallest absolute Gasteiger partial charge is 0.115 e. The molecule has 3 aliphatic carbocycles. The molecule has 0 spiro atoms. The molecule has 0 bridgehead atoms. The van der Waals surface area contributed by atoms with Crippen molar-refractivity contribution in [1.82, 2.24) is 0 Å². The monoisotopic (exact) mass is 438 g/mol. The third kappa shape index (κ3) is 2.23. The van der Waals surface area contributed by atoms with Gasteiger partial charge in [0.2, 0.25) is 0 Å². The summed E-state index contributed by atoms with van der Waals surface area (Å²) in [6.07, 6.45) is 7.41. The number of phenols is 1. The van der Waals surface area contributed by atoms with E-state index >= 15 is 0 Å². The van der Waals surface area contributed by atoms with E-state index in [1.54, 1.807) is 0 Å². The predicted molar refractivity (Wildman–Crippen MR) is 105 cm³/mol. The van der Waals surface area contributed by atoms with Crippen LogP contribution in [0, 0.1) is 23.2 Å². The van der Waals surface area contributed by atoms with Crippen LogP contribution < -0.4 is 0 Å². The summed E-state index contributed by atoms with van der Waals surface area (Å²) in [6, 6.07) is 5.98. The molecule has 3 aliphatic rings. The average Bonchev–Trinajstić information content (AvgIpc) is 2.78. The molecule has 0 aliphatic heterocycles. The van der Waals surface area contributed by atoms with Crippen LogP contribution in [0.2, 0.25) is 0 Å². The summed E-state index contributed by atoms with van der Waals surface area (Å²) < 4.78 is 2.00. The average molecular weight is 438 g/mol. The first-order valence-corrected chi connectivity index (χ1v) is 10.5. The molecule has 0 aromatic heterocycles. The number of fused-ring (bicyclic) bond motifs is 5. The molecule has 2 nitrogen and oxygen atoms in total. The lowest BCUT2D eigenvalue weighted by Gasteiger charge is -2.55. The quantitative estimate of drug-likeness (QED) is 0.594. The van der Waals surface area contributed by atoms with Crippen LogP contribution in [-0.2, 0) is 6.42 Å². The highest BCUT2D eigenvalue weighted by Crippen LogP contribution is 2.66. The van der Waals surface area contributed by atoms with Crippen LogP contribution >= 0.6 is 22.6 Å². The Morgan fingerprint density at radius 3 is 2.83 bits per heavy atom. The number of benzene rings is 1. The van der Waals surface area contributed by atoms with Crippen molar-refractivity contribution < 1.29 is 10.2 Å².